The summed E-state index contributed by atoms with van der Waals surface area (Å²) in [5.41, 5.74) is -0.373. The number of carbonyl (C=O) groups is 2. The molecule has 0 saturated carbocycles. The van der Waals surface area contributed by atoms with Crippen LogP contribution in [0.3, 0.4) is 0 Å². The molecule has 1 saturated heterocycles. The molecule has 1 amide bonds. The summed E-state index contributed by atoms with van der Waals surface area (Å²) in [6.45, 7) is 4.80. The Kier molecular flexibility index (Phi) is 6.14. The van der Waals surface area contributed by atoms with E-state index in [1.165, 1.54) is 6.20 Å². The molecule has 132 valence electrons. The first kappa shape index (κ1) is 18.2. The Morgan fingerprint density at radius 3 is 2.79 bits per heavy atom. The second-order valence-electron chi connectivity index (χ2n) is 6.14. The van der Waals surface area contributed by atoms with Crippen molar-refractivity contribution < 1.29 is 24.2 Å². The predicted molar refractivity (Wildman–Crippen MR) is 87.1 cm³/mol. The summed E-state index contributed by atoms with van der Waals surface area (Å²) in [6, 6.07) is 3.17. The monoisotopic (exact) mass is 336 g/mol. The third-order valence-electron chi connectivity index (χ3n) is 4.21. The van der Waals surface area contributed by atoms with Crippen molar-refractivity contribution >= 4 is 11.9 Å². The van der Waals surface area contributed by atoms with E-state index in [4.69, 9.17) is 14.6 Å². The highest BCUT2D eigenvalue weighted by molar-refractivity contribution is 5.95. The normalized spacial score (nSPS) is 17.8. The minimum atomic E-state index is -0.937. The third-order valence-corrected chi connectivity index (χ3v) is 4.21. The molecule has 1 aliphatic heterocycles. The van der Waals surface area contributed by atoms with Gasteiger partial charge in [-0.2, -0.15) is 0 Å². The summed E-state index contributed by atoms with van der Waals surface area (Å²) < 4.78 is 10.9. The SMILES string of the molecule is CCC(C)Oc1cc(C(=O)NC2(CC(=O)O)CCOCC2)ccn1. The van der Waals surface area contributed by atoms with Crippen LogP contribution < -0.4 is 10.1 Å². The first-order valence-electron chi connectivity index (χ1n) is 8.19. The standard InChI is InChI=1S/C17H24N2O5/c1-3-12(2)24-14-10-13(4-7-18-14)16(22)19-17(11-15(20)21)5-8-23-9-6-17/h4,7,10,12H,3,5-6,8-9,11H2,1-2H3,(H,19,22)(H,20,21). The quantitative estimate of drug-likeness (QED) is 0.790. The number of aliphatic carboxylic acids is 1. The lowest BCUT2D eigenvalue weighted by Gasteiger charge is -2.36. The number of carbonyl (C=O) groups excluding carboxylic acids is 1. The summed E-state index contributed by atoms with van der Waals surface area (Å²) in [5, 5.41) is 12.1. The van der Waals surface area contributed by atoms with E-state index in [0.717, 1.165) is 6.42 Å². The molecular formula is C17H24N2O5. The van der Waals surface area contributed by atoms with E-state index in [9.17, 15) is 9.59 Å². The maximum absolute atomic E-state index is 12.6. The topological polar surface area (TPSA) is 97.8 Å². The molecule has 0 aromatic carbocycles. The van der Waals surface area contributed by atoms with Crippen LogP contribution in [0.4, 0.5) is 0 Å². The van der Waals surface area contributed by atoms with Crippen molar-refractivity contribution in [2.45, 2.75) is 51.2 Å². The Bertz CT molecular complexity index is 584. The molecule has 1 aromatic rings. The minimum absolute atomic E-state index is 0.00431. The molecule has 1 atom stereocenters. The molecule has 0 bridgehead atoms. The van der Waals surface area contributed by atoms with Gasteiger partial charge in [0.1, 0.15) is 0 Å². The van der Waals surface area contributed by atoms with Crippen LogP contribution in [0.5, 0.6) is 5.88 Å². The Balaban J connectivity index is 2.12. The Labute approximate surface area is 141 Å². The van der Waals surface area contributed by atoms with E-state index in [2.05, 4.69) is 10.3 Å². The molecule has 2 N–H and O–H groups in total. The lowest BCUT2D eigenvalue weighted by Crippen LogP contribution is -2.53. The van der Waals surface area contributed by atoms with Gasteiger partial charge in [-0.15, -0.1) is 0 Å². The van der Waals surface area contributed by atoms with E-state index in [1.54, 1.807) is 12.1 Å². The van der Waals surface area contributed by atoms with Crippen LogP contribution in [0.15, 0.2) is 18.3 Å². The second kappa shape index (κ2) is 8.10. The van der Waals surface area contributed by atoms with Gasteiger partial charge in [0.25, 0.3) is 5.91 Å². The summed E-state index contributed by atoms with van der Waals surface area (Å²) in [7, 11) is 0. The van der Waals surface area contributed by atoms with Gasteiger partial charge in [-0.25, -0.2) is 4.98 Å². The molecule has 1 fully saturated rings. The average molecular weight is 336 g/mol. The molecule has 0 radical (unpaired) electrons. The third kappa shape index (κ3) is 4.92. The smallest absolute Gasteiger partial charge is 0.305 e. The Hall–Kier alpha value is -2.15. The van der Waals surface area contributed by atoms with Gasteiger partial charge in [0.2, 0.25) is 5.88 Å². The minimum Gasteiger partial charge on any atom is -0.481 e. The summed E-state index contributed by atoms with van der Waals surface area (Å²) in [6.07, 6.45) is 3.19. The van der Waals surface area contributed by atoms with Crippen LogP contribution in [-0.4, -0.2) is 46.8 Å². The van der Waals surface area contributed by atoms with E-state index in [1.807, 2.05) is 13.8 Å². The maximum atomic E-state index is 12.6. The van der Waals surface area contributed by atoms with E-state index in [-0.39, 0.29) is 18.4 Å². The highest BCUT2D eigenvalue weighted by Gasteiger charge is 2.36. The molecule has 2 heterocycles. The molecule has 7 nitrogen and oxygen atoms in total. The highest BCUT2D eigenvalue weighted by Crippen LogP contribution is 2.25. The summed E-state index contributed by atoms with van der Waals surface area (Å²) >= 11 is 0. The zero-order chi connectivity index (χ0) is 17.6. The molecule has 1 aromatic heterocycles. The molecule has 7 heteroatoms. The molecule has 1 aliphatic rings. The largest absolute Gasteiger partial charge is 0.481 e. The van der Waals surface area contributed by atoms with Gasteiger partial charge < -0.3 is 19.9 Å². The van der Waals surface area contributed by atoms with Crippen molar-refractivity contribution in [1.29, 1.82) is 0 Å². The number of pyridine rings is 1. The lowest BCUT2D eigenvalue weighted by atomic mass is 9.86. The Morgan fingerprint density at radius 2 is 2.17 bits per heavy atom. The van der Waals surface area contributed by atoms with Crippen molar-refractivity contribution in [3.8, 4) is 5.88 Å². The van der Waals surface area contributed by atoms with Gasteiger partial charge in [0, 0.05) is 31.0 Å². The number of hydrogen-bond acceptors (Lipinski definition) is 5. The predicted octanol–water partition coefficient (Wildman–Crippen LogP) is 2.01. The van der Waals surface area contributed by atoms with Gasteiger partial charge in [-0.1, -0.05) is 6.92 Å². The van der Waals surface area contributed by atoms with E-state index >= 15 is 0 Å². The molecule has 2 rings (SSSR count). The number of rotatable bonds is 7. The van der Waals surface area contributed by atoms with Gasteiger partial charge in [-0.05, 0) is 32.3 Å². The van der Waals surface area contributed by atoms with Crippen molar-refractivity contribution in [1.82, 2.24) is 10.3 Å². The van der Waals surface area contributed by atoms with Crippen LogP contribution in [0, 0.1) is 0 Å². The second-order valence-corrected chi connectivity index (χ2v) is 6.14. The summed E-state index contributed by atoms with van der Waals surface area (Å²) in [4.78, 5) is 27.9. The number of carboxylic acids is 1. The number of hydrogen-bond donors (Lipinski definition) is 2. The van der Waals surface area contributed by atoms with Crippen LogP contribution in [0.2, 0.25) is 0 Å². The van der Waals surface area contributed by atoms with E-state index in [0.29, 0.717) is 37.5 Å². The lowest BCUT2D eigenvalue weighted by molar-refractivity contribution is -0.139. The fourth-order valence-electron chi connectivity index (χ4n) is 2.62. The van der Waals surface area contributed by atoms with Gasteiger partial charge >= 0.3 is 5.97 Å². The van der Waals surface area contributed by atoms with Crippen LogP contribution in [0.1, 0.15) is 49.9 Å². The molecule has 1 unspecified atom stereocenters. The first-order valence-corrected chi connectivity index (χ1v) is 8.19. The number of amides is 1. The van der Waals surface area contributed by atoms with Crippen LogP contribution >= 0.6 is 0 Å². The average Bonchev–Trinajstić information content (AvgIpc) is 2.55. The zero-order valence-corrected chi connectivity index (χ0v) is 14.1. The van der Waals surface area contributed by atoms with Gasteiger partial charge in [0.05, 0.1) is 18.1 Å². The summed E-state index contributed by atoms with van der Waals surface area (Å²) in [5.74, 6) is -0.876. The molecule has 24 heavy (non-hydrogen) atoms. The number of aromatic nitrogens is 1. The number of carboxylic acid groups (broad SMARTS) is 1. The number of ether oxygens (including phenoxy) is 2. The van der Waals surface area contributed by atoms with Crippen LogP contribution in [-0.2, 0) is 9.53 Å². The van der Waals surface area contributed by atoms with Crippen molar-refractivity contribution in [2.75, 3.05) is 13.2 Å². The number of nitrogens with one attached hydrogen (secondary N) is 1. The molecule has 0 aliphatic carbocycles. The first-order chi connectivity index (χ1) is 11.4. The Morgan fingerprint density at radius 1 is 1.46 bits per heavy atom. The zero-order valence-electron chi connectivity index (χ0n) is 14.1. The highest BCUT2D eigenvalue weighted by atomic mass is 16.5. The fraction of sp³-hybridized carbons (Fsp3) is 0.588. The number of nitrogens with zero attached hydrogens (tertiary/aromatic N) is 1. The fourth-order valence-corrected chi connectivity index (χ4v) is 2.62. The van der Waals surface area contributed by atoms with Crippen molar-refractivity contribution in [3.05, 3.63) is 23.9 Å². The van der Waals surface area contributed by atoms with Crippen molar-refractivity contribution in [3.63, 3.8) is 0 Å². The van der Waals surface area contributed by atoms with Gasteiger partial charge in [0.15, 0.2) is 0 Å². The van der Waals surface area contributed by atoms with Gasteiger partial charge in [-0.3, -0.25) is 9.59 Å². The maximum Gasteiger partial charge on any atom is 0.305 e. The molecule has 0 spiro atoms. The molecular weight excluding hydrogens is 312 g/mol. The van der Waals surface area contributed by atoms with E-state index < -0.39 is 11.5 Å². The van der Waals surface area contributed by atoms with Crippen molar-refractivity contribution in [2.24, 2.45) is 0 Å². The van der Waals surface area contributed by atoms with Crippen LogP contribution in [0.25, 0.3) is 0 Å².